The lowest BCUT2D eigenvalue weighted by atomic mass is 10.1. The number of rotatable bonds is 7. The molecule has 1 N–H and O–H groups in total. The minimum Gasteiger partial charge on any atom is -0.467 e. The van der Waals surface area contributed by atoms with Crippen LogP contribution in [0.25, 0.3) is 16.8 Å². The van der Waals surface area contributed by atoms with E-state index < -0.39 is 16.0 Å². The van der Waals surface area contributed by atoms with Crippen molar-refractivity contribution in [2.45, 2.75) is 11.4 Å². The van der Waals surface area contributed by atoms with Crippen molar-refractivity contribution in [3.63, 3.8) is 0 Å². The van der Waals surface area contributed by atoms with Gasteiger partial charge < -0.3 is 13.9 Å². The van der Waals surface area contributed by atoms with E-state index in [4.69, 9.17) is 8.60 Å². The molecule has 0 saturated carbocycles. The van der Waals surface area contributed by atoms with Crippen LogP contribution in [0.3, 0.4) is 0 Å². The van der Waals surface area contributed by atoms with Gasteiger partial charge in [-0.05, 0) is 58.8 Å². The van der Waals surface area contributed by atoms with Crippen molar-refractivity contribution in [3.05, 3.63) is 102 Å². The van der Waals surface area contributed by atoms with Gasteiger partial charge in [-0.2, -0.15) is 13.7 Å². The molecule has 0 radical (unpaired) electrons. The Hall–Kier alpha value is -4.35. The SMILES string of the molecule is N#C/C(=C\c1ccc(OS(=O)(=O)c2ccc3ccccc3c2)cc1)C(=O)NCc1ccco1. The van der Waals surface area contributed by atoms with Gasteiger partial charge in [-0.3, -0.25) is 4.79 Å². The molecule has 0 saturated heterocycles. The third-order valence-corrected chi connectivity index (χ3v) is 6.02. The van der Waals surface area contributed by atoms with Crippen LogP contribution in [0.15, 0.2) is 100 Å². The minimum absolute atomic E-state index is 0.0465. The molecule has 0 spiro atoms. The van der Waals surface area contributed by atoms with Crippen LogP contribution in [0.5, 0.6) is 5.75 Å². The lowest BCUT2D eigenvalue weighted by molar-refractivity contribution is -0.117. The van der Waals surface area contributed by atoms with Gasteiger partial charge in [-0.15, -0.1) is 0 Å². The first-order valence-corrected chi connectivity index (χ1v) is 11.3. The Labute approximate surface area is 190 Å². The van der Waals surface area contributed by atoms with Crippen LogP contribution in [-0.2, 0) is 21.5 Å². The van der Waals surface area contributed by atoms with Crippen molar-refractivity contribution in [2.24, 2.45) is 0 Å². The molecule has 1 aromatic heterocycles. The predicted octanol–water partition coefficient (Wildman–Crippen LogP) is 4.42. The highest BCUT2D eigenvalue weighted by Crippen LogP contribution is 2.23. The van der Waals surface area contributed by atoms with Crippen LogP contribution in [0.2, 0.25) is 0 Å². The van der Waals surface area contributed by atoms with Crippen LogP contribution >= 0.6 is 0 Å². The molecule has 0 unspecified atom stereocenters. The van der Waals surface area contributed by atoms with Crippen LogP contribution in [0, 0.1) is 11.3 Å². The number of fused-ring (bicyclic) bond motifs is 1. The first-order valence-electron chi connectivity index (χ1n) is 9.90. The van der Waals surface area contributed by atoms with Gasteiger partial charge in [0.15, 0.2) is 0 Å². The van der Waals surface area contributed by atoms with Crippen molar-refractivity contribution in [3.8, 4) is 11.8 Å². The molecule has 0 fully saturated rings. The highest BCUT2D eigenvalue weighted by molar-refractivity contribution is 7.87. The third kappa shape index (κ3) is 5.29. The number of carbonyl (C=O) groups is 1. The summed E-state index contributed by atoms with van der Waals surface area (Å²) in [6, 6.07) is 23.5. The minimum atomic E-state index is -4.03. The van der Waals surface area contributed by atoms with Gasteiger partial charge in [-0.1, -0.05) is 42.5 Å². The molecule has 1 amide bonds. The second-order valence-corrected chi connectivity index (χ2v) is 8.59. The normalized spacial score (nSPS) is 11.7. The summed E-state index contributed by atoms with van der Waals surface area (Å²) >= 11 is 0. The summed E-state index contributed by atoms with van der Waals surface area (Å²) in [5, 5.41) is 13.6. The lowest BCUT2D eigenvalue weighted by Gasteiger charge is -2.08. The van der Waals surface area contributed by atoms with E-state index in [2.05, 4.69) is 5.32 Å². The summed E-state index contributed by atoms with van der Waals surface area (Å²) < 4.78 is 35.7. The second kappa shape index (κ2) is 9.42. The zero-order valence-corrected chi connectivity index (χ0v) is 18.1. The van der Waals surface area contributed by atoms with Crippen molar-refractivity contribution >= 4 is 32.9 Å². The molecule has 1 heterocycles. The van der Waals surface area contributed by atoms with Gasteiger partial charge >= 0.3 is 10.1 Å². The standard InChI is InChI=1S/C25H18N2O5S/c26-16-21(25(28)27-17-23-6-3-13-31-23)14-18-7-10-22(11-8-18)32-33(29,30)24-12-9-19-4-1-2-5-20(19)15-24/h1-15H,17H2,(H,27,28)/b21-14+. The highest BCUT2D eigenvalue weighted by Gasteiger charge is 2.17. The van der Waals surface area contributed by atoms with Crippen LogP contribution < -0.4 is 9.50 Å². The molecule has 164 valence electrons. The molecular weight excluding hydrogens is 440 g/mol. The summed E-state index contributed by atoms with van der Waals surface area (Å²) in [4.78, 5) is 12.3. The fraction of sp³-hybridized carbons (Fsp3) is 0.0400. The van der Waals surface area contributed by atoms with Gasteiger partial charge in [0.1, 0.15) is 28.0 Å². The quantitative estimate of drug-likeness (QED) is 0.249. The molecule has 0 aliphatic carbocycles. The fourth-order valence-corrected chi connectivity index (χ4v) is 4.08. The number of hydrogen-bond acceptors (Lipinski definition) is 6. The monoisotopic (exact) mass is 458 g/mol. The maximum absolute atomic E-state index is 12.7. The Bertz CT molecular complexity index is 1470. The molecule has 4 rings (SSSR count). The van der Waals surface area contributed by atoms with Crippen molar-refractivity contribution in [1.82, 2.24) is 5.32 Å². The van der Waals surface area contributed by atoms with E-state index in [0.717, 1.165) is 10.8 Å². The Morgan fingerprint density at radius 2 is 1.76 bits per heavy atom. The van der Waals surface area contributed by atoms with Crippen LogP contribution in [0.4, 0.5) is 0 Å². The van der Waals surface area contributed by atoms with E-state index in [1.54, 1.807) is 36.4 Å². The maximum Gasteiger partial charge on any atom is 0.339 e. The average molecular weight is 458 g/mol. The number of nitriles is 1. The van der Waals surface area contributed by atoms with Crippen LogP contribution in [-0.4, -0.2) is 14.3 Å². The van der Waals surface area contributed by atoms with E-state index in [0.29, 0.717) is 11.3 Å². The smallest absolute Gasteiger partial charge is 0.339 e. The highest BCUT2D eigenvalue weighted by atomic mass is 32.2. The summed E-state index contributed by atoms with van der Waals surface area (Å²) in [6.45, 7) is 0.157. The van der Waals surface area contributed by atoms with E-state index in [1.165, 1.54) is 30.5 Å². The summed E-state index contributed by atoms with van der Waals surface area (Å²) in [7, 11) is -4.03. The number of carbonyl (C=O) groups excluding carboxylic acids is 1. The van der Waals surface area contributed by atoms with Crippen molar-refractivity contribution in [2.75, 3.05) is 0 Å². The molecular formula is C25H18N2O5S. The molecule has 8 heteroatoms. The predicted molar refractivity (Wildman–Crippen MR) is 122 cm³/mol. The number of nitrogens with one attached hydrogen (secondary N) is 1. The summed E-state index contributed by atoms with van der Waals surface area (Å²) in [5.74, 6) is 0.129. The first kappa shape index (κ1) is 21.9. The number of amides is 1. The summed E-state index contributed by atoms with van der Waals surface area (Å²) in [6.07, 6.45) is 2.89. The maximum atomic E-state index is 12.7. The Morgan fingerprint density at radius 1 is 1.00 bits per heavy atom. The zero-order chi connectivity index (χ0) is 23.3. The van der Waals surface area contributed by atoms with E-state index in [1.807, 2.05) is 30.3 Å². The number of hydrogen-bond donors (Lipinski definition) is 1. The van der Waals surface area contributed by atoms with Crippen molar-refractivity contribution in [1.29, 1.82) is 5.26 Å². The van der Waals surface area contributed by atoms with Gasteiger partial charge in [0.05, 0.1) is 12.8 Å². The Kier molecular flexibility index (Phi) is 6.24. The van der Waals surface area contributed by atoms with Crippen molar-refractivity contribution < 1.29 is 21.8 Å². The number of benzene rings is 3. The van der Waals surface area contributed by atoms with Gasteiger partial charge in [0, 0.05) is 0 Å². The fourth-order valence-electron chi connectivity index (χ4n) is 3.11. The Balaban J connectivity index is 1.46. The topological polar surface area (TPSA) is 109 Å². The molecule has 0 atom stereocenters. The molecule has 0 aliphatic rings. The molecule has 7 nitrogen and oxygen atoms in total. The molecule has 4 aromatic rings. The van der Waals surface area contributed by atoms with Gasteiger partial charge in [0.2, 0.25) is 0 Å². The number of nitrogens with zero attached hydrogens (tertiary/aromatic N) is 1. The largest absolute Gasteiger partial charge is 0.467 e. The Morgan fingerprint density at radius 3 is 2.45 bits per heavy atom. The lowest BCUT2D eigenvalue weighted by Crippen LogP contribution is -2.23. The van der Waals surface area contributed by atoms with Crippen LogP contribution in [0.1, 0.15) is 11.3 Å². The van der Waals surface area contributed by atoms with Gasteiger partial charge in [-0.25, -0.2) is 0 Å². The average Bonchev–Trinajstić information content (AvgIpc) is 3.35. The summed E-state index contributed by atoms with van der Waals surface area (Å²) in [5.41, 5.74) is 0.439. The van der Waals surface area contributed by atoms with Gasteiger partial charge in [0.25, 0.3) is 5.91 Å². The molecule has 0 aliphatic heterocycles. The third-order valence-electron chi connectivity index (χ3n) is 4.77. The zero-order valence-electron chi connectivity index (χ0n) is 17.3. The molecule has 0 bridgehead atoms. The number of furan rings is 1. The molecule has 3 aromatic carbocycles. The van der Waals surface area contributed by atoms with E-state index in [-0.39, 0.29) is 22.8 Å². The van der Waals surface area contributed by atoms with E-state index in [9.17, 15) is 18.5 Å². The molecule has 33 heavy (non-hydrogen) atoms. The second-order valence-electron chi connectivity index (χ2n) is 7.05. The van der Waals surface area contributed by atoms with E-state index >= 15 is 0 Å². The first-order chi connectivity index (χ1) is 15.9.